The van der Waals surface area contributed by atoms with Crippen molar-refractivity contribution in [1.82, 2.24) is 20.1 Å². The molecule has 0 atom stereocenters. The molecule has 0 radical (unpaired) electrons. The Morgan fingerprint density at radius 2 is 2.00 bits per heavy atom. The van der Waals surface area contributed by atoms with E-state index in [4.69, 9.17) is 10.3 Å². The Labute approximate surface area is 105 Å². The van der Waals surface area contributed by atoms with Crippen LogP contribution in [0.1, 0.15) is 25.2 Å². The highest BCUT2D eigenvalue weighted by Crippen LogP contribution is 2.42. The molecule has 0 amide bonds. The topological polar surface area (TPSA) is 90.7 Å². The summed E-state index contributed by atoms with van der Waals surface area (Å²) < 4.78 is 5.26. The van der Waals surface area contributed by atoms with Crippen molar-refractivity contribution >= 4 is 0 Å². The predicted molar refractivity (Wildman–Crippen MR) is 64.4 cm³/mol. The monoisotopic (exact) mass is 245 g/mol. The lowest BCUT2D eigenvalue weighted by Crippen LogP contribution is -2.39. The number of aromatic nitrogens is 4. The van der Waals surface area contributed by atoms with Crippen LogP contribution in [0.3, 0.4) is 0 Å². The Morgan fingerprint density at radius 1 is 1.22 bits per heavy atom. The van der Waals surface area contributed by atoms with E-state index >= 15 is 0 Å². The van der Waals surface area contributed by atoms with Crippen LogP contribution in [0, 0.1) is 5.41 Å². The lowest BCUT2D eigenvalue weighted by atomic mass is 9.67. The quantitative estimate of drug-likeness (QED) is 0.870. The highest BCUT2D eigenvalue weighted by atomic mass is 16.5. The molecule has 0 spiro atoms. The van der Waals surface area contributed by atoms with Gasteiger partial charge in [0.1, 0.15) is 0 Å². The zero-order chi connectivity index (χ0) is 12.4. The molecule has 0 aromatic carbocycles. The molecule has 2 heterocycles. The summed E-state index contributed by atoms with van der Waals surface area (Å²) in [7, 11) is 0. The molecule has 1 aliphatic rings. The van der Waals surface area contributed by atoms with Crippen LogP contribution >= 0.6 is 0 Å². The van der Waals surface area contributed by atoms with Crippen LogP contribution in [-0.2, 0) is 6.42 Å². The predicted octanol–water partition coefficient (Wildman–Crippen LogP) is 1.20. The van der Waals surface area contributed by atoms with Gasteiger partial charge >= 0.3 is 0 Å². The van der Waals surface area contributed by atoms with Crippen molar-refractivity contribution in [2.24, 2.45) is 11.1 Å². The molecule has 0 saturated heterocycles. The summed E-state index contributed by atoms with van der Waals surface area (Å²) in [4.78, 5) is 12.5. The molecule has 2 N–H and O–H groups in total. The van der Waals surface area contributed by atoms with Gasteiger partial charge in [0.15, 0.2) is 0 Å². The van der Waals surface area contributed by atoms with Crippen LogP contribution in [-0.4, -0.2) is 26.7 Å². The fourth-order valence-electron chi connectivity index (χ4n) is 2.28. The van der Waals surface area contributed by atoms with Crippen molar-refractivity contribution in [1.29, 1.82) is 0 Å². The van der Waals surface area contributed by atoms with Crippen molar-refractivity contribution < 1.29 is 4.52 Å². The summed E-state index contributed by atoms with van der Waals surface area (Å²) in [5.74, 6) is 1.56. The molecule has 0 unspecified atom stereocenters. The second-order valence-electron chi connectivity index (χ2n) is 4.82. The smallest absolute Gasteiger partial charge is 0.240 e. The van der Waals surface area contributed by atoms with E-state index in [-0.39, 0.29) is 5.41 Å². The van der Waals surface area contributed by atoms with E-state index in [0.29, 0.717) is 24.1 Å². The van der Waals surface area contributed by atoms with Crippen LogP contribution in [0.15, 0.2) is 23.0 Å². The largest absolute Gasteiger partial charge is 0.339 e. The molecule has 6 heteroatoms. The molecular formula is C12H15N5O. The highest BCUT2D eigenvalue weighted by molar-refractivity contribution is 5.40. The van der Waals surface area contributed by atoms with E-state index in [2.05, 4.69) is 20.1 Å². The lowest BCUT2D eigenvalue weighted by molar-refractivity contribution is 0.129. The SMILES string of the molecule is NCC1(Cc2nc(-c3ncccn3)no2)CCC1. The van der Waals surface area contributed by atoms with Crippen molar-refractivity contribution in [3.8, 4) is 11.6 Å². The summed E-state index contributed by atoms with van der Waals surface area (Å²) in [6.07, 6.45) is 7.59. The molecule has 1 fully saturated rings. The van der Waals surface area contributed by atoms with Crippen LogP contribution < -0.4 is 5.73 Å². The first-order chi connectivity index (χ1) is 8.81. The van der Waals surface area contributed by atoms with E-state index in [1.807, 2.05) is 0 Å². The minimum atomic E-state index is 0.168. The molecule has 0 aliphatic heterocycles. The van der Waals surface area contributed by atoms with Crippen molar-refractivity contribution in [2.75, 3.05) is 6.54 Å². The molecule has 2 aromatic rings. The number of nitrogens with zero attached hydrogens (tertiary/aromatic N) is 4. The van der Waals surface area contributed by atoms with E-state index in [1.165, 1.54) is 6.42 Å². The Bertz CT molecular complexity index is 515. The summed E-state index contributed by atoms with van der Waals surface area (Å²) in [6.45, 7) is 0.673. The van der Waals surface area contributed by atoms with Gasteiger partial charge in [-0.1, -0.05) is 11.6 Å². The third kappa shape index (κ3) is 1.99. The van der Waals surface area contributed by atoms with Gasteiger partial charge in [0.05, 0.1) is 0 Å². The maximum atomic E-state index is 5.82. The second-order valence-corrected chi connectivity index (χ2v) is 4.82. The molecule has 1 saturated carbocycles. The first kappa shape index (κ1) is 11.3. The van der Waals surface area contributed by atoms with Crippen LogP contribution in [0.5, 0.6) is 0 Å². The number of hydrogen-bond donors (Lipinski definition) is 1. The number of rotatable bonds is 4. The van der Waals surface area contributed by atoms with Crippen molar-refractivity contribution in [2.45, 2.75) is 25.7 Å². The van der Waals surface area contributed by atoms with Gasteiger partial charge in [-0.05, 0) is 30.9 Å². The summed E-state index contributed by atoms with van der Waals surface area (Å²) in [5.41, 5.74) is 5.99. The Hall–Kier alpha value is -1.82. The van der Waals surface area contributed by atoms with E-state index in [1.54, 1.807) is 18.5 Å². The maximum absolute atomic E-state index is 5.82. The van der Waals surface area contributed by atoms with E-state index in [0.717, 1.165) is 19.3 Å². The average Bonchev–Trinajstić information content (AvgIpc) is 2.83. The van der Waals surface area contributed by atoms with Gasteiger partial charge in [0, 0.05) is 18.8 Å². The average molecular weight is 245 g/mol. The molecule has 1 aliphatic carbocycles. The maximum Gasteiger partial charge on any atom is 0.240 e. The summed E-state index contributed by atoms with van der Waals surface area (Å²) >= 11 is 0. The van der Waals surface area contributed by atoms with E-state index in [9.17, 15) is 0 Å². The number of nitrogens with two attached hydrogens (primary N) is 1. The number of hydrogen-bond acceptors (Lipinski definition) is 6. The Kier molecular flexibility index (Phi) is 2.79. The standard InChI is InChI=1S/C12H15N5O/c13-8-12(3-1-4-12)7-9-16-11(17-18-9)10-14-5-2-6-15-10/h2,5-6H,1,3-4,7-8,13H2. The van der Waals surface area contributed by atoms with Gasteiger partial charge < -0.3 is 10.3 Å². The Balaban J connectivity index is 1.78. The third-order valence-corrected chi connectivity index (χ3v) is 3.61. The fraction of sp³-hybridized carbons (Fsp3) is 0.500. The van der Waals surface area contributed by atoms with Gasteiger partial charge in [-0.15, -0.1) is 0 Å². The van der Waals surface area contributed by atoms with Gasteiger partial charge in [-0.25, -0.2) is 9.97 Å². The molecule has 3 rings (SSSR count). The van der Waals surface area contributed by atoms with E-state index < -0.39 is 0 Å². The van der Waals surface area contributed by atoms with Gasteiger partial charge in [-0.2, -0.15) is 4.98 Å². The van der Waals surface area contributed by atoms with Crippen LogP contribution in [0.2, 0.25) is 0 Å². The van der Waals surface area contributed by atoms with Crippen LogP contribution in [0.25, 0.3) is 11.6 Å². The molecule has 18 heavy (non-hydrogen) atoms. The summed E-state index contributed by atoms with van der Waals surface area (Å²) in [5, 5.41) is 3.91. The second kappa shape index (κ2) is 4.45. The molecule has 2 aromatic heterocycles. The van der Waals surface area contributed by atoms with Gasteiger partial charge in [0.25, 0.3) is 0 Å². The lowest BCUT2D eigenvalue weighted by Gasteiger charge is -2.39. The van der Waals surface area contributed by atoms with Gasteiger partial charge in [0.2, 0.25) is 17.5 Å². The normalized spacial score (nSPS) is 17.4. The zero-order valence-electron chi connectivity index (χ0n) is 10.0. The van der Waals surface area contributed by atoms with Crippen LogP contribution in [0.4, 0.5) is 0 Å². The third-order valence-electron chi connectivity index (χ3n) is 3.61. The molecule has 0 bridgehead atoms. The molecule has 94 valence electrons. The Morgan fingerprint density at radius 3 is 2.61 bits per heavy atom. The molecule has 6 nitrogen and oxygen atoms in total. The first-order valence-corrected chi connectivity index (χ1v) is 6.11. The first-order valence-electron chi connectivity index (χ1n) is 6.11. The summed E-state index contributed by atoms with van der Waals surface area (Å²) in [6, 6.07) is 1.75. The molecular weight excluding hydrogens is 230 g/mol. The van der Waals surface area contributed by atoms with Crippen molar-refractivity contribution in [3.63, 3.8) is 0 Å². The fourth-order valence-corrected chi connectivity index (χ4v) is 2.28. The zero-order valence-corrected chi connectivity index (χ0v) is 10.0. The minimum absolute atomic E-state index is 0.168. The van der Waals surface area contributed by atoms with Crippen molar-refractivity contribution in [3.05, 3.63) is 24.4 Å². The minimum Gasteiger partial charge on any atom is -0.339 e. The highest BCUT2D eigenvalue weighted by Gasteiger charge is 2.37. The van der Waals surface area contributed by atoms with Gasteiger partial charge in [-0.3, -0.25) is 0 Å².